The van der Waals surface area contributed by atoms with E-state index in [-0.39, 0.29) is 11.5 Å². The minimum atomic E-state index is 0.0726. The zero-order chi connectivity index (χ0) is 13.9. The molecule has 2 aromatic rings. The van der Waals surface area contributed by atoms with Crippen molar-refractivity contribution in [2.45, 2.75) is 25.4 Å². The molecule has 1 heterocycles. The number of phenolic OH excluding ortho intramolecular Hbond substituents is 1. The SMILES string of the molecule is O=C(CN(Cc1ccco1)C1CC1)c1ccc(O)cc1. The van der Waals surface area contributed by atoms with Gasteiger partial charge in [-0.2, -0.15) is 0 Å². The maximum atomic E-state index is 12.3. The van der Waals surface area contributed by atoms with Crippen LogP contribution in [0.5, 0.6) is 5.75 Å². The Morgan fingerprint density at radius 3 is 2.60 bits per heavy atom. The first-order valence-electron chi connectivity index (χ1n) is 6.81. The van der Waals surface area contributed by atoms with E-state index in [0.717, 1.165) is 18.6 Å². The number of furan rings is 1. The zero-order valence-electron chi connectivity index (χ0n) is 11.2. The van der Waals surface area contributed by atoms with Crippen LogP contribution in [0.4, 0.5) is 0 Å². The van der Waals surface area contributed by atoms with Crippen molar-refractivity contribution in [2.75, 3.05) is 6.54 Å². The van der Waals surface area contributed by atoms with Gasteiger partial charge >= 0.3 is 0 Å². The van der Waals surface area contributed by atoms with Crippen LogP contribution in [0, 0.1) is 0 Å². The fourth-order valence-electron chi connectivity index (χ4n) is 2.28. The fourth-order valence-corrected chi connectivity index (χ4v) is 2.28. The van der Waals surface area contributed by atoms with E-state index in [1.54, 1.807) is 30.5 Å². The summed E-state index contributed by atoms with van der Waals surface area (Å²) in [6, 6.07) is 10.7. The van der Waals surface area contributed by atoms with Gasteiger partial charge in [-0.1, -0.05) is 0 Å². The Hall–Kier alpha value is -2.07. The monoisotopic (exact) mass is 271 g/mol. The molecule has 1 aromatic carbocycles. The minimum Gasteiger partial charge on any atom is -0.508 e. The lowest BCUT2D eigenvalue weighted by Gasteiger charge is -2.19. The predicted octanol–water partition coefficient (Wildman–Crippen LogP) is 2.83. The van der Waals surface area contributed by atoms with Gasteiger partial charge in [-0.05, 0) is 49.2 Å². The van der Waals surface area contributed by atoms with Gasteiger partial charge < -0.3 is 9.52 Å². The Kier molecular flexibility index (Phi) is 3.56. The molecule has 104 valence electrons. The number of rotatable bonds is 6. The van der Waals surface area contributed by atoms with E-state index in [1.807, 2.05) is 12.1 Å². The molecule has 1 saturated carbocycles. The molecule has 1 aliphatic carbocycles. The molecule has 1 fully saturated rings. The summed E-state index contributed by atoms with van der Waals surface area (Å²) in [7, 11) is 0. The van der Waals surface area contributed by atoms with Gasteiger partial charge in [0.25, 0.3) is 0 Å². The van der Waals surface area contributed by atoms with Crippen LogP contribution in [-0.2, 0) is 6.54 Å². The van der Waals surface area contributed by atoms with Crippen molar-refractivity contribution < 1.29 is 14.3 Å². The highest BCUT2D eigenvalue weighted by molar-refractivity contribution is 5.97. The van der Waals surface area contributed by atoms with E-state index in [4.69, 9.17) is 4.42 Å². The average Bonchev–Trinajstić information content (AvgIpc) is 3.17. The molecule has 20 heavy (non-hydrogen) atoms. The van der Waals surface area contributed by atoms with Crippen LogP contribution in [-0.4, -0.2) is 28.4 Å². The number of hydrogen-bond donors (Lipinski definition) is 1. The Morgan fingerprint density at radius 2 is 2.00 bits per heavy atom. The highest BCUT2D eigenvalue weighted by atomic mass is 16.3. The highest BCUT2D eigenvalue weighted by Gasteiger charge is 2.30. The minimum absolute atomic E-state index is 0.0726. The number of carbonyl (C=O) groups is 1. The molecule has 0 amide bonds. The summed E-state index contributed by atoms with van der Waals surface area (Å²) >= 11 is 0. The molecule has 0 bridgehead atoms. The second-order valence-corrected chi connectivity index (χ2v) is 5.19. The number of Topliss-reactive ketones (excluding diaryl/α,β-unsaturated/α-hetero) is 1. The normalized spacial score (nSPS) is 14.7. The third kappa shape index (κ3) is 3.08. The topological polar surface area (TPSA) is 53.7 Å². The predicted molar refractivity (Wildman–Crippen MR) is 74.6 cm³/mol. The lowest BCUT2D eigenvalue weighted by atomic mass is 10.1. The Balaban J connectivity index is 1.67. The van der Waals surface area contributed by atoms with E-state index in [2.05, 4.69) is 4.90 Å². The van der Waals surface area contributed by atoms with Gasteiger partial charge in [0.15, 0.2) is 5.78 Å². The molecule has 1 N–H and O–H groups in total. The van der Waals surface area contributed by atoms with E-state index < -0.39 is 0 Å². The molecule has 1 aromatic heterocycles. The molecule has 4 nitrogen and oxygen atoms in total. The number of ketones is 1. The Morgan fingerprint density at radius 1 is 1.25 bits per heavy atom. The number of phenols is 1. The van der Waals surface area contributed by atoms with Gasteiger partial charge in [-0.15, -0.1) is 0 Å². The first-order chi connectivity index (χ1) is 9.72. The number of benzene rings is 1. The van der Waals surface area contributed by atoms with Crippen LogP contribution in [0.25, 0.3) is 0 Å². The highest BCUT2D eigenvalue weighted by Crippen LogP contribution is 2.28. The summed E-state index contributed by atoms with van der Waals surface area (Å²) in [5, 5.41) is 9.26. The van der Waals surface area contributed by atoms with E-state index in [9.17, 15) is 9.90 Å². The molecule has 0 aliphatic heterocycles. The molecular weight excluding hydrogens is 254 g/mol. The summed E-state index contributed by atoms with van der Waals surface area (Å²) < 4.78 is 5.36. The quantitative estimate of drug-likeness (QED) is 0.821. The van der Waals surface area contributed by atoms with Crippen molar-refractivity contribution in [3.05, 3.63) is 54.0 Å². The van der Waals surface area contributed by atoms with Gasteiger partial charge in [0, 0.05) is 11.6 Å². The summed E-state index contributed by atoms with van der Waals surface area (Å²) in [6.07, 6.45) is 3.94. The Bertz CT molecular complexity index is 570. The summed E-state index contributed by atoms with van der Waals surface area (Å²) in [5.74, 6) is 1.13. The van der Waals surface area contributed by atoms with E-state index in [0.29, 0.717) is 24.7 Å². The van der Waals surface area contributed by atoms with Crippen molar-refractivity contribution in [1.82, 2.24) is 4.90 Å². The summed E-state index contributed by atoms with van der Waals surface area (Å²) in [6.45, 7) is 1.05. The summed E-state index contributed by atoms with van der Waals surface area (Å²) in [5.41, 5.74) is 0.632. The lowest BCUT2D eigenvalue weighted by molar-refractivity contribution is 0.0913. The van der Waals surface area contributed by atoms with E-state index >= 15 is 0 Å². The average molecular weight is 271 g/mol. The number of nitrogens with zero attached hydrogens (tertiary/aromatic N) is 1. The molecule has 0 atom stereocenters. The fraction of sp³-hybridized carbons (Fsp3) is 0.312. The second kappa shape index (κ2) is 5.51. The summed E-state index contributed by atoms with van der Waals surface area (Å²) in [4.78, 5) is 14.4. The van der Waals surface area contributed by atoms with Crippen LogP contribution in [0.3, 0.4) is 0 Å². The van der Waals surface area contributed by atoms with Crippen LogP contribution >= 0.6 is 0 Å². The molecule has 0 radical (unpaired) electrons. The third-order valence-electron chi connectivity index (χ3n) is 3.54. The number of aromatic hydroxyl groups is 1. The van der Waals surface area contributed by atoms with Gasteiger partial charge in [0.2, 0.25) is 0 Å². The number of hydrogen-bond acceptors (Lipinski definition) is 4. The maximum Gasteiger partial charge on any atom is 0.176 e. The number of carbonyl (C=O) groups excluding carboxylic acids is 1. The first-order valence-corrected chi connectivity index (χ1v) is 6.81. The maximum absolute atomic E-state index is 12.3. The molecular formula is C16H17NO3. The molecule has 1 aliphatic rings. The zero-order valence-corrected chi connectivity index (χ0v) is 11.2. The standard InChI is InChI=1S/C16H17NO3/c18-14-7-3-12(4-8-14)16(19)11-17(13-5-6-13)10-15-2-1-9-20-15/h1-4,7-9,13,18H,5-6,10-11H2. The van der Waals surface area contributed by atoms with Crippen LogP contribution in [0.1, 0.15) is 29.0 Å². The second-order valence-electron chi connectivity index (χ2n) is 5.19. The molecule has 0 spiro atoms. The van der Waals surface area contributed by atoms with Gasteiger partial charge in [-0.3, -0.25) is 9.69 Å². The van der Waals surface area contributed by atoms with Crippen molar-refractivity contribution in [2.24, 2.45) is 0 Å². The van der Waals surface area contributed by atoms with Crippen molar-refractivity contribution in [3.63, 3.8) is 0 Å². The molecule has 3 rings (SSSR count). The lowest BCUT2D eigenvalue weighted by Crippen LogP contribution is -2.31. The van der Waals surface area contributed by atoms with Crippen molar-refractivity contribution >= 4 is 5.78 Å². The molecule has 0 unspecified atom stereocenters. The smallest absolute Gasteiger partial charge is 0.176 e. The van der Waals surface area contributed by atoms with E-state index in [1.165, 1.54) is 0 Å². The Labute approximate surface area is 117 Å². The molecule has 0 saturated heterocycles. The van der Waals surface area contributed by atoms with Crippen LogP contribution in [0.2, 0.25) is 0 Å². The van der Waals surface area contributed by atoms with Crippen LogP contribution < -0.4 is 0 Å². The van der Waals surface area contributed by atoms with Gasteiger partial charge in [-0.25, -0.2) is 0 Å². The van der Waals surface area contributed by atoms with Gasteiger partial charge in [0.1, 0.15) is 11.5 Å². The molecule has 4 heteroatoms. The van der Waals surface area contributed by atoms with Crippen molar-refractivity contribution in [3.8, 4) is 5.75 Å². The van der Waals surface area contributed by atoms with Crippen LogP contribution in [0.15, 0.2) is 47.1 Å². The largest absolute Gasteiger partial charge is 0.508 e. The third-order valence-corrected chi connectivity index (χ3v) is 3.54. The van der Waals surface area contributed by atoms with Gasteiger partial charge in [0.05, 0.1) is 19.4 Å². The first kappa shape index (κ1) is 12.9. The van der Waals surface area contributed by atoms with Crippen molar-refractivity contribution in [1.29, 1.82) is 0 Å².